The highest BCUT2D eigenvalue weighted by molar-refractivity contribution is 5.65. The third-order valence-corrected chi connectivity index (χ3v) is 4.86. The van der Waals surface area contributed by atoms with Crippen molar-refractivity contribution < 1.29 is 0 Å². The van der Waals surface area contributed by atoms with Gasteiger partial charge < -0.3 is 9.88 Å². The second kappa shape index (κ2) is 10.3. The molecule has 1 aromatic heterocycles. The molecule has 1 aliphatic heterocycles. The second-order valence-corrected chi connectivity index (χ2v) is 7.20. The molecule has 0 fully saturated rings. The van der Waals surface area contributed by atoms with Gasteiger partial charge in [-0.15, -0.1) is 0 Å². The Bertz CT molecular complexity index is 624. The number of fused-ring (bicyclic) bond motifs is 1. The average molecular weight is 342 g/mol. The summed E-state index contributed by atoms with van der Waals surface area (Å²) in [5.74, 6) is 0.971. The summed E-state index contributed by atoms with van der Waals surface area (Å²) in [6.45, 7) is 7.70. The van der Waals surface area contributed by atoms with Crippen molar-refractivity contribution in [2.45, 2.75) is 72.1 Å². The Morgan fingerprint density at radius 2 is 1.80 bits per heavy atom. The van der Waals surface area contributed by atoms with Gasteiger partial charge in [-0.2, -0.15) is 0 Å². The van der Waals surface area contributed by atoms with Gasteiger partial charge in [0.1, 0.15) is 5.82 Å². The highest BCUT2D eigenvalue weighted by atomic mass is 15.1. The van der Waals surface area contributed by atoms with Crippen molar-refractivity contribution in [3.05, 3.63) is 35.7 Å². The maximum Gasteiger partial charge on any atom is 0.137 e. The molecule has 0 amide bonds. The van der Waals surface area contributed by atoms with E-state index in [4.69, 9.17) is 0 Å². The summed E-state index contributed by atoms with van der Waals surface area (Å²) in [7, 11) is 2.16. The Labute approximate surface area is 153 Å². The molecule has 1 N–H and O–H groups in total. The zero-order valence-corrected chi connectivity index (χ0v) is 16.6. The van der Waals surface area contributed by atoms with Crippen LogP contribution < -0.4 is 4.90 Å². The number of hydrogen-bond donors (Lipinski definition) is 1. The molecule has 0 spiro atoms. The SMILES string of the molecule is CCCCCCCC.Cc1cnc(-c2ccc3c(c2)CCCN3C)[nH]1. The summed E-state index contributed by atoms with van der Waals surface area (Å²) in [4.78, 5) is 10.00. The molecule has 0 bridgehead atoms. The maximum absolute atomic E-state index is 4.38. The molecule has 2 heterocycles. The minimum atomic E-state index is 0.971. The molecule has 3 nitrogen and oxygen atoms in total. The molecule has 0 saturated heterocycles. The summed E-state index contributed by atoms with van der Waals surface area (Å²) >= 11 is 0. The van der Waals surface area contributed by atoms with E-state index in [2.05, 4.69) is 54.0 Å². The van der Waals surface area contributed by atoms with Crippen molar-refractivity contribution in [1.29, 1.82) is 0 Å². The van der Waals surface area contributed by atoms with Crippen molar-refractivity contribution in [1.82, 2.24) is 9.97 Å². The van der Waals surface area contributed by atoms with E-state index in [1.54, 1.807) is 0 Å². The van der Waals surface area contributed by atoms with Crippen LogP contribution in [0.25, 0.3) is 11.4 Å². The molecule has 1 aliphatic rings. The first kappa shape index (κ1) is 19.6. The van der Waals surface area contributed by atoms with Crippen LogP contribution in [0.3, 0.4) is 0 Å². The van der Waals surface area contributed by atoms with Gasteiger partial charge in [-0.3, -0.25) is 0 Å². The summed E-state index contributed by atoms with van der Waals surface area (Å²) in [5, 5.41) is 0. The van der Waals surface area contributed by atoms with Crippen molar-refractivity contribution in [2.24, 2.45) is 0 Å². The minimum absolute atomic E-state index is 0.971. The van der Waals surface area contributed by atoms with Crippen LogP contribution in [0, 0.1) is 6.92 Å². The monoisotopic (exact) mass is 341 g/mol. The lowest BCUT2D eigenvalue weighted by Gasteiger charge is -2.27. The molecule has 1 aromatic carbocycles. The Balaban J connectivity index is 0.000000242. The zero-order valence-electron chi connectivity index (χ0n) is 16.6. The number of nitrogens with zero attached hydrogens (tertiary/aromatic N) is 2. The van der Waals surface area contributed by atoms with E-state index >= 15 is 0 Å². The predicted octanol–water partition coefficient (Wildman–Crippen LogP) is 6.13. The van der Waals surface area contributed by atoms with Crippen molar-refractivity contribution in [3.63, 3.8) is 0 Å². The Kier molecular flexibility index (Phi) is 8.03. The molecule has 2 aromatic rings. The second-order valence-electron chi connectivity index (χ2n) is 7.20. The van der Waals surface area contributed by atoms with Crippen LogP contribution in [0.5, 0.6) is 0 Å². The summed E-state index contributed by atoms with van der Waals surface area (Å²) in [6, 6.07) is 6.63. The first-order valence-corrected chi connectivity index (χ1v) is 10.0. The fraction of sp³-hybridized carbons (Fsp3) is 0.591. The fourth-order valence-electron chi connectivity index (χ4n) is 3.35. The van der Waals surface area contributed by atoms with E-state index in [-0.39, 0.29) is 0 Å². The number of aromatic amines is 1. The Morgan fingerprint density at radius 3 is 2.40 bits per heavy atom. The molecule has 3 rings (SSSR count). The third-order valence-electron chi connectivity index (χ3n) is 4.86. The number of H-pyrrole nitrogens is 1. The summed E-state index contributed by atoms with van der Waals surface area (Å²) < 4.78 is 0. The first-order chi connectivity index (χ1) is 12.2. The summed E-state index contributed by atoms with van der Waals surface area (Å²) in [6.07, 6.45) is 12.8. The lowest BCUT2D eigenvalue weighted by atomic mass is 9.99. The van der Waals surface area contributed by atoms with Crippen LogP contribution in [-0.4, -0.2) is 23.6 Å². The van der Waals surface area contributed by atoms with Crippen LogP contribution in [0.1, 0.15) is 70.1 Å². The first-order valence-electron chi connectivity index (χ1n) is 10.0. The van der Waals surface area contributed by atoms with Gasteiger partial charge in [0.15, 0.2) is 0 Å². The smallest absolute Gasteiger partial charge is 0.137 e. The van der Waals surface area contributed by atoms with Gasteiger partial charge in [0.25, 0.3) is 0 Å². The van der Waals surface area contributed by atoms with E-state index in [9.17, 15) is 0 Å². The standard InChI is InChI=1S/C14H17N3.C8H18/c1-10-9-15-14(16-10)12-5-6-13-11(8-12)4-3-7-17(13)2;1-3-5-7-8-6-4-2/h5-6,8-9H,3-4,7H2,1-2H3,(H,15,16);3-8H2,1-2H3. The minimum Gasteiger partial charge on any atom is -0.374 e. The van der Waals surface area contributed by atoms with E-state index < -0.39 is 0 Å². The number of aryl methyl sites for hydroxylation is 2. The van der Waals surface area contributed by atoms with Gasteiger partial charge in [0, 0.05) is 36.7 Å². The molecule has 138 valence electrons. The van der Waals surface area contributed by atoms with Gasteiger partial charge in [0.2, 0.25) is 0 Å². The molecular weight excluding hydrogens is 306 g/mol. The molecule has 3 heteroatoms. The number of imidazole rings is 1. The lowest BCUT2D eigenvalue weighted by molar-refractivity contribution is 0.624. The molecule has 25 heavy (non-hydrogen) atoms. The topological polar surface area (TPSA) is 31.9 Å². The van der Waals surface area contributed by atoms with Gasteiger partial charge in [0.05, 0.1) is 0 Å². The van der Waals surface area contributed by atoms with Crippen molar-refractivity contribution >= 4 is 5.69 Å². The normalized spacial score (nSPS) is 13.2. The van der Waals surface area contributed by atoms with Crippen LogP contribution >= 0.6 is 0 Å². The maximum atomic E-state index is 4.38. The zero-order chi connectivity index (χ0) is 18.1. The highest BCUT2D eigenvalue weighted by Gasteiger charge is 2.14. The number of unbranched alkanes of at least 4 members (excludes halogenated alkanes) is 5. The molecular formula is C22H35N3. The molecule has 0 atom stereocenters. The summed E-state index contributed by atoms with van der Waals surface area (Å²) in [5.41, 5.74) is 5.09. The van der Waals surface area contributed by atoms with E-state index in [1.165, 1.54) is 68.2 Å². The van der Waals surface area contributed by atoms with Gasteiger partial charge in [-0.25, -0.2) is 4.98 Å². The number of anilines is 1. The quantitative estimate of drug-likeness (QED) is 0.640. The molecule has 0 aliphatic carbocycles. The van der Waals surface area contributed by atoms with E-state index in [0.717, 1.165) is 18.1 Å². The van der Waals surface area contributed by atoms with Crippen LogP contribution in [-0.2, 0) is 6.42 Å². The molecule has 0 radical (unpaired) electrons. The van der Waals surface area contributed by atoms with E-state index in [0.29, 0.717) is 0 Å². The molecule has 0 unspecified atom stereocenters. The van der Waals surface area contributed by atoms with Crippen LogP contribution in [0.4, 0.5) is 5.69 Å². The van der Waals surface area contributed by atoms with Gasteiger partial charge in [-0.05, 0) is 43.5 Å². The average Bonchev–Trinajstić information content (AvgIpc) is 3.06. The van der Waals surface area contributed by atoms with Crippen LogP contribution in [0.15, 0.2) is 24.4 Å². The van der Waals surface area contributed by atoms with Crippen LogP contribution in [0.2, 0.25) is 0 Å². The number of aromatic nitrogens is 2. The van der Waals surface area contributed by atoms with E-state index in [1.807, 2.05) is 13.1 Å². The van der Waals surface area contributed by atoms with Crippen molar-refractivity contribution in [3.8, 4) is 11.4 Å². The molecule has 0 saturated carbocycles. The van der Waals surface area contributed by atoms with Gasteiger partial charge in [-0.1, -0.05) is 52.4 Å². The fourth-order valence-corrected chi connectivity index (χ4v) is 3.35. The number of nitrogens with one attached hydrogen (secondary N) is 1. The predicted molar refractivity (Wildman–Crippen MR) is 109 cm³/mol. The third kappa shape index (κ3) is 5.91. The Hall–Kier alpha value is -1.77. The largest absolute Gasteiger partial charge is 0.374 e. The number of rotatable bonds is 6. The Morgan fingerprint density at radius 1 is 1.08 bits per heavy atom. The lowest BCUT2D eigenvalue weighted by Crippen LogP contribution is -2.24. The number of benzene rings is 1. The van der Waals surface area contributed by atoms with Crippen molar-refractivity contribution in [2.75, 3.05) is 18.5 Å². The highest BCUT2D eigenvalue weighted by Crippen LogP contribution is 2.29. The number of hydrogen-bond acceptors (Lipinski definition) is 2. The van der Waals surface area contributed by atoms with Gasteiger partial charge >= 0.3 is 0 Å².